The van der Waals surface area contributed by atoms with Crippen LogP contribution in [-0.2, 0) is 17.6 Å². The van der Waals surface area contributed by atoms with Gasteiger partial charge < -0.3 is 24.5 Å². The number of methoxy groups -OCH3 is 2. The zero-order valence-electron chi connectivity index (χ0n) is 17.7. The van der Waals surface area contributed by atoms with Gasteiger partial charge in [-0.25, -0.2) is 0 Å². The summed E-state index contributed by atoms with van der Waals surface area (Å²) in [7, 11) is 3.02. The maximum Gasteiger partial charge on any atom is 0.387 e. The minimum absolute atomic E-state index is 0.0563. The van der Waals surface area contributed by atoms with Crippen molar-refractivity contribution in [3.8, 4) is 17.2 Å². The number of fused-ring (bicyclic) bond motifs is 1. The molecule has 1 aromatic heterocycles. The van der Waals surface area contributed by atoms with E-state index >= 15 is 0 Å². The third-order valence-corrected chi connectivity index (χ3v) is 5.34. The molecule has 3 rings (SSSR count). The molecule has 1 heterocycles. The number of hydrogen-bond acceptors (Lipinski definition) is 4. The fourth-order valence-corrected chi connectivity index (χ4v) is 3.80. The Morgan fingerprint density at radius 3 is 2.55 bits per heavy atom. The molecule has 1 amide bonds. The number of amides is 1. The second kappa shape index (κ2) is 10.1. The zero-order valence-corrected chi connectivity index (χ0v) is 17.7. The van der Waals surface area contributed by atoms with Crippen molar-refractivity contribution in [3.05, 3.63) is 53.2 Å². The molecule has 166 valence electrons. The van der Waals surface area contributed by atoms with E-state index in [1.165, 1.54) is 13.2 Å². The first-order chi connectivity index (χ1) is 15.0. The van der Waals surface area contributed by atoms with Gasteiger partial charge in [-0.05, 0) is 66.3 Å². The predicted molar refractivity (Wildman–Crippen MR) is 114 cm³/mol. The van der Waals surface area contributed by atoms with Crippen LogP contribution in [0.25, 0.3) is 10.9 Å². The van der Waals surface area contributed by atoms with Gasteiger partial charge in [0.05, 0.1) is 20.3 Å². The Morgan fingerprint density at radius 2 is 1.90 bits per heavy atom. The van der Waals surface area contributed by atoms with Gasteiger partial charge in [0.1, 0.15) is 5.75 Å². The van der Waals surface area contributed by atoms with Crippen LogP contribution in [0.4, 0.5) is 8.78 Å². The zero-order chi connectivity index (χ0) is 22.4. The molecule has 0 aliphatic heterocycles. The molecule has 0 spiro atoms. The molecule has 1 atom stereocenters. The lowest BCUT2D eigenvalue weighted by Crippen LogP contribution is -2.22. The molecule has 6 nitrogen and oxygen atoms in total. The average molecular weight is 432 g/mol. The van der Waals surface area contributed by atoms with Crippen molar-refractivity contribution < 1.29 is 27.8 Å². The number of hydrogen-bond donors (Lipinski definition) is 2. The molecule has 1 unspecified atom stereocenters. The topological polar surface area (TPSA) is 72.6 Å². The van der Waals surface area contributed by atoms with Gasteiger partial charge in [-0.1, -0.05) is 6.92 Å². The van der Waals surface area contributed by atoms with Crippen molar-refractivity contribution in [2.24, 2.45) is 0 Å². The summed E-state index contributed by atoms with van der Waals surface area (Å²) in [4.78, 5) is 14.6. The highest BCUT2D eigenvalue weighted by Gasteiger charge is 2.21. The molecule has 2 aromatic carbocycles. The Kier molecular flexibility index (Phi) is 7.33. The molecule has 0 bridgehead atoms. The first kappa shape index (κ1) is 22.4. The number of aromatic amines is 1. The Labute approximate surface area is 179 Å². The molecular formula is C23H26F2N2O4. The van der Waals surface area contributed by atoms with Crippen molar-refractivity contribution in [2.75, 3.05) is 14.2 Å². The SMILES string of the molecule is CCc1cc(OC)c(OC(F)F)cc1C(CCc1c[nH]c2ccc(OC)cc12)NC=O. The highest BCUT2D eigenvalue weighted by Crippen LogP contribution is 2.36. The van der Waals surface area contributed by atoms with Gasteiger partial charge in [-0.15, -0.1) is 0 Å². The van der Waals surface area contributed by atoms with Crippen molar-refractivity contribution >= 4 is 17.3 Å². The van der Waals surface area contributed by atoms with Crippen LogP contribution < -0.4 is 19.5 Å². The van der Waals surface area contributed by atoms with Gasteiger partial charge in [0, 0.05) is 17.1 Å². The van der Waals surface area contributed by atoms with Crippen LogP contribution in [0, 0.1) is 0 Å². The van der Waals surface area contributed by atoms with E-state index in [1.54, 1.807) is 13.2 Å². The fourth-order valence-electron chi connectivity index (χ4n) is 3.80. The molecule has 0 aliphatic rings. The molecule has 0 saturated carbocycles. The van der Waals surface area contributed by atoms with E-state index in [-0.39, 0.29) is 17.5 Å². The van der Waals surface area contributed by atoms with Crippen LogP contribution in [0.3, 0.4) is 0 Å². The number of aryl methyl sites for hydroxylation is 2. The Balaban J connectivity index is 1.92. The summed E-state index contributed by atoms with van der Waals surface area (Å²) in [6.07, 6.45) is 4.42. The summed E-state index contributed by atoms with van der Waals surface area (Å²) in [6.45, 7) is -1.02. The number of H-pyrrole nitrogens is 1. The lowest BCUT2D eigenvalue weighted by molar-refractivity contribution is -0.110. The monoisotopic (exact) mass is 432 g/mol. The minimum Gasteiger partial charge on any atom is -0.497 e. The molecule has 3 aromatic rings. The summed E-state index contributed by atoms with van der Waals surface area (Å²) < 4.78 is 40.9. The largest absolute Gasteiger partial charge is 0.497 e. The Hall–Kier alpha value is -3.29. The lowest BCUT2D eigenvalue weighted by Gasteiger charge is -2.22. The maximum absolute atomic E-state index is 12.9. The van der Waals surface area contributed by atoms with E-state index in [2.05, 4.69) is 15.0 Å². The van der Waals surface area contributed by atoms with Crippen molar-refractivity contribution in [1.29, 1.82) is 0 Å². The molecule has 0 aliphatic carbocycles. The average Bonchev–Trinajstić information content (AvgIpc) is 3.18. The maximum atomic E-state index is 12.9. The van der Waals surface area contributed by atoms with E-state index in [9.17, 15) is 13.6 Å². The third kappa shape index (κ3) is 5.07. The predicted octanol–water partition coefficient (Wildman–Crippen LogP) is 4.77. The standard InChI is InChI=1S/C23H26F2N2O4/c1-4-14-9-21(30-3)22(31-23(24)25)11-18(14)20(27-13-28)7-5-15-12-26-19-8-6-16(29-2)10-17(15)19/h6,8-13,20,23,26H,4-5,7H2,1-3H3,(H,27,28). The van der Waals surface area contributed by atoms with Gasteiger partial charge in [-0.3, -0.25) is 4.79 Å². The van der Waals surface area contributed by atoms with Gasteiger partial charge in [-0.2, -0.15) is 8.78 Å². The highest BCUT2D eigenvalue weighted by atomic mass is 19.3. The number of halogens is 2. The van der Waals surface area contributed by atoms with E-state index in [1.807, 2.05) is 31.3 Å². The smallest absolute Gasteiger partial charge is 0.387 e. The van der Waals surface area contributed by atoms with Crippen molar-refractivity contribution in [2.45, 2.75) is 38.8 Å². The number of aromatic nitrogens is 1. The number of carbonyl (C=O) groups is 1. The van der Waals surface area contributed by atoms with Crippen molar-refractivity contribution in [1.82, 2.24) is 10.3 Å². The van der Waals surface area contributed by atoms with E-state index in [0.29, 0.717) is 25.7 Å². The molecule has 31 heavy (non-hydrogen) atoms. The van der Waals surface area contributed by atoms with Gasteiger partial charge in [0.2, 0.25) is 6.41 Å². The molecule has 0 fully saturated rings. The summed E-state index contributed by atoms with van der Waals surface area (Å²) in [5.74, 6) is 0.932. The van der Waals surface area contributed by atoms with Crippen LogP contribution in [0.2, 0.25) is 0 Å². The number of carbonyl (C=O) groups excluding carboxylic acids is 1. The highest BCUT2D eigenvalue weighted by molar-refractivity contribution is 5.84. The first-order valence-corrected chi connectivity index (χ1v) is 10.00. The quantitative estimate of drug-likeness (QED) is 0.428. The summed E-state index contributed by atoms with van der Waals surface area (Å²) in [5.41, 5.74) is 3.67. The van der Waals surface area contributed by atoms with Gasteiger partial charge >= 0.3 is 6.61 Å². The minimum atomic E-state index is -2.98. The van der Waals surface area contributed by atoms with E-state index < -0.39 is 6.61 Å². The number of alkyl halides is 2. The summed E-state index contributed by atoms with van der Waals surface area (Å²) >= 11 is 0. The lowest BCUT2D eigenvalue weighted by atomic mass is 9.93. The molecule has 2 N–H and O–H groups in total. The number of ether oxygens (including phenoxy) is 3. The second-order valence-electron chi connectivity index (χ2n) is 7.04. The first-order valence-electron chi connectivity index (χ1n) is 10.00. The Bertz CT molecular complexity index is 1040. The molecule has 0 saturated heterocycles. The van der Waals surface area contributed by atoms with Crippen LogP contribution in [0.5, 0.6) is 17.2 Å². The normalized spacial score (nSPS) is 12.1. The summed E-state index contributed by atoms with van der Waals surface area (Å²) in [5, 5.41) is 3.86. The third-order valence-electron chi connectivity index (χ3n) is 5.34. The van der Waals surface area contributed by atoms with Crippen LogP contribution >= 0.6 is 0 Å². The number of rotatable bonds is 11. The number of nitrogens with one attached hydrogen (secondary N) is 2. The molecular weight excluding hydrogens is 406 g/mol. The Morgan fingerprint density at radius 1 is 1.10 bits per heavy atom. The van der Waals surface area contributed by atoms with Gasteiger partial charge in [0.25, 0.3) is 0 Å². The van der Waals surface area contributed by atoms with Crippen LogP contribution in [-0.4, -0.2) is 32.2 Å². The van der Waals surface area contributed by atoms with Crippen molar-refractivity contribution in [3.63, 3.8) is 0 Å². The molecule has 8 heteroatoms. The second-order valence-corrected chi connectivity index (χ2v) is 7.04. The number of benzene rings is 2. The fraction of sp³-hybridized carbons (Fsp3) is 0.348. The summed E-state index contributed by atoms with van der Waals surface area (Å²) in [6, 6.07) is 8.63. The van der Waals surface area contributed by atoms with E-state index in [4.69, 9.17) is 9.47 Å². The van der Waals surface area contributed by atoms with Gasteiger partial charge in [0.15, 0.2) is 11.5 Å². The van der Waals surface area contributed by atoms with Crippen LogP contribution in [0.15, 0.2) is 36.5 Å². The van der Waals surface area contributed by atoms with E-state index in [0.717, 1.165) is 33.3 Å². The molecule has 0 radical (unpaired) electrons. The van der Waals surface area contributed by atoms with Crippen LogP contribution in [0.1, 0.15) is 36.1 Å².